The lowest BCUT2D eigenvalue weighted by Crippen LogP contribution is -2.37. The second kappa shape index (κ2) is 7.06. The third-order valence-electron chi connectivity index (χ3n) is 5.20. The number of pyridine rings is 1. The zero-order chi connectivity index (χ0) is 18.1. The maximum atomic E-state index is 13.0. The fourth-order valence-corrected chi connectivity index (χ4v) is 3.60. The molecule has 0 aliphatic heterocycles. The van der Waals surface area contributed by atoms with Crippen LogP contribution in [0.15, 0.2) is 24.3 Å². The topological polar surface area (TPSA) is 68.3 Å². The van der Waals surface area contributed by atoms with Crippen molar-refractivity contribution in [1.82, 2.24) is 10.3 Å². The number of para-hydroxylation sites is 1. The van der Waals surface area contributed by atoms with Gasteiger partial charge in [0.1, 0.15) is 0 Å². The van der Waals surface area contributed by atoms with E-state index in [9.17, 15) is 9.59 Å². The minimum atomic E-state index is -0.795. The van der Waals surface area contributed by atoms with Crippen molar-refractivity contribution in [1.29, 1.82) is 0 Å². The first-order chi connectivity index (χ1) is 12.6. The van der Waals surface area contributed by atoms with E-state index >= 15 is 0 Å². The van der Waals surface area contributed by atoms with Gasteiger partial charge in [-0.25, -0.2) is 4.79 Å². The van der Waals surface area contributed by atoms with E-state index < -0.39 is 12.1 Å². The summed E-state index contributed by atoms with van der Waals surface area (Å²) in [4.78, 5) is 30.0. The minimum absolute atomic E-state index is 0.217. The predicted octanol–water partition coefficient (Wildman–Crippen LogP) is 3.33. The van der Waals surface area contributed by atoms with E-state index in [1.165, 1.54) is 0 Å². The van der Waals surface area contributed by atoms with Gasteiger partial charge >= 0.3 is 5.97 Å². The molecule has 26 heavy (non-hydrogen) atoms. The average molecular weight is 352 g/mol. The van der Waals surface area contributed by atoms with E-state index in [1.54, 1.807) is 6.92 Å². The van der Waals surface area contributed by atoms with E-state index in [1.807, 2.05) is 24.3 Å². The molecule has 1 fully saturated rings. The first kappa shape index (κ1) is 17.0. The lowest BCUT2D eigenvalue weighted by atomic mass is 9.97. The van der Waals surface area contributed by atoms with Crippen LogP contribution in [0.5, 0.6) is 0 Å². The number of carbonyl (C=O) groups is 2. The molecule has 0 unspecified atom stereocenters. The predicted molar refractivity (Wildman–Crippen MR) is 99.0 cm³/mol. The van der Waals surface area contributed by atoms with Crippen molar-refractivity contribution in [3.63, 3.8) is 0 Å². The number of nitrogens with zero attached hydrogens (tertiary/aromatic N) is 1. The Morgan fingerprint density at radius 3 is 2.73 bits per heavy atom. The van der Waals surface area contributed by atoms with Gasteiger partial charge in [0.2, 0.25) is 0 Å². The summed E-state index contributed by atoms with van der Waals surface area (Å²) < 4.78 is 5.56. The highest BCUT2D eigenvalue weighted by Crippen LogP contribution is 2.29. The van der Waals surface area contributed by atoms with E-state index in [-0.39, 0.29) is 11.9 Å². The van der Waals surface area contributed by atoms with Gasteiger partial charge in [-0.05, 0) is 57.1 Å². The lowest BCUT2D eigenvalue weighted by molar-refractivity contribution is -0.129. The minimum Gasteiger partial charge on any atom is -0.449 e. The Labute approximate surface area is 153 Å². The first-order valence-electron chi connectivity index (χ1n) is 9.55. The summed E-state index contributed by atoms with van der Waals surface area (Å²) >= 11 is 0. The van der Waals surface area contributed by atoms with E-state index in [0.29, 0.717) is 5.56 Å². The highest BCUT2D eigenvalue weighted by atomic mass is 16.5. The fourth-order valence-electron chi connectivity index (χ4n) is 3.60. The first-order valence-corrected chi connectivity index (χ1v) is 9.55. The van der Waals surface area contributed by atoms with Crippen molar-refractivity contribution in [2.45, 2.75) is 64.0 Å². The number of carbonyl (C=O) groups excluding carboxylic acids is 2. The summed E-state index contributed by atoms with van der Waals surface area (Å²) in [5.41, 5.74) is 3.41. The summed E-state index contributed by atoms with van der Waals surface area (Å²) in [6.07, 6.45) is 6.22. The Morgan fingerprint density at radius 2 is 1.92 bits per heavy atom. The molecule has 0 saturated heterocycles. The number of nitrogens with one attached hydrogen (secondary N) is 1. The largest absolute Gasteiger partial charge is 0.449 e. The molecule has 2 aliphatic carbocycles. The fraction of sp³-hybridized carbons (Fsp3) is 0.476. The smallest absolute Gasteiger partial charge is 0.339 e. The van der Waals surface area contributed by atoms with Crippen LogP contribution in [0.1, 0.15) is 60.6 Å². The molecule has 1 N–H and O–H groups in total. The molecule has 2 aromatic rings. The maximum Gasteiger partial charge on any atom is 0.339 e. The van der Waals surface area contributed by atoms with Crippen LogP contribution in [0.2, 0.25) is 0 Å². The number of aryl methyl sites for hydroxylation is 1. The summed E-state index contributed by atoms with van der Waals surface area (Å²) in [6, 6.07) is 7.94. The molecule has 1 amide bonds. The second-order valence-electron chi connectivity index (χ2n) is 7.32. The lowest BCUT2D eigenvalue weighted by Gasteiger charge is -2.17. The van der Waals surface area contributed by atoms with Crippen molar-refractivity contribution >= 4 is 22.8 Å². The van der Waals surface area contributed by atoms with Crippen LogP contribution in [0.25, 0.3) is 10.9 Å². The van der Waals surface area contributed by atoms with Gasteiger partial charge in [0.25, 0.3) is 5.91 Å². The Morgan fingerprint density at radius 1 is 1.15 bits per heavy atom. The van der Waals surface area contributed by atoms with Gasteiger partial charge in [-0.2, -0.15) is 0 Å². The van der Waals surface area contributed by atoms with Gasteiger partial charge in [0.05, 0.1) is 11.1 Å². The monoisotopic (exact) mass is 352 g/mol. The third kappa shape index (κ3) is 3.43. The van der Waals surface area contributed by atoms with Crippen molar-refractivity contribution in [3.05, 3.63) is 41.1 Å². The zero-order valence-electron chi connectivity index (χ0n) is 15.1. The summed E-state index contributed by atoms with van der Waals surface area (Å²) in [7, 11) is 0. The van der Waals surface area contributed by atoms with Gasteiger partial charge < -0.3 is 10.1 Å². The molecule has 1 heterocycles. The van der Waals surface area contributed by atoms with E-state index in [4.69, 9.17) is 9.72 Å². The number of hydrogen-bond donors (Lipinski definition) is 1. The van der Waals surface area contributed by atoms with Crippen molar-refractivity contribution < 1.29 is 14.3 Å². The van der Waals surface area contributed by atoms with Crippen LogP contribution in [-0.4, -0.2) is 29.0 Å². The number of rotatable bonds is 4. The molecule has 1 aromatic heterocycles. The molecule has 136 valence electrons. The van der Waals surface area contributed by atoms with Crippen LogP contribution in [0.3, 0.4) is 0 Å². The van der Waals surface area contributed by atoms with Crippen LogP contribution in [-0.2, 0) is 22.4 Å². The number of esters is 1. The molecule has 1 atom stereocenters. The normalized spacial score (nSPS) is 17.9. The van der Waals surface area contributed by atoms with Crippen molar-refractivity contribution in [3.8, 4) is 0 Å². The highest BCUT2D eigenvalue weighted by Gasteiger charge is 2.29. The van der Waals surface area contributed by atoms with Crippen LogP contribution in [0, 0.1) is 0 Å². The number of amides is 1. The highest BCUT2D eigenvalue weighted by molar-refractivity contribution is 6.05. The number of aromatic nitrogens is 1. The standard InChI is InChI=1S/C21H24N2O3/c1-13(20(24)22-14-11-12-14)26-21(25)19-15-7-3-2-4-9-17(15)23-18-10-6-5-8-16(18)19/h5-6,8,10,13-14H,2-4,7,9,11-12H2,1H3,(H,22,24)/t13-/m0/s1. The van der Waals surface area contributed by atoms with Crippen molar-refractivity contribution in [2.24, 2.45) is 0 Å². The number of hydrogen-bond acceptors (Lipinski definition) is 4. The zero-order valence-corrected chi connectivity index (χ0v) is 15.1. The molecule has 1 saturated carbocycles. The molecular weight excluding hydrogens is 328 g/mol. The average Bonchev–Trinajstić information content (AvgIpc) is 3.46. The van der Waals surface area contributed by atoms with E-state index in [2.05, 4.69) is 5.32 Å². The molecule has 1 aromatic carbocycles. The van der Waals surface area contributed by atoms with E-state index in [0.717, 1.165) is 67.1 Å². The Hall–Kier alpha value is -2.43. The van der Waals surface area contributed by atoms with Gasteiger partial charge in [-0.1, -0.05) is 24.6 Å². The van der Waals surface area contributed by atoms with Gasteiger partial charge in [-0.3, -0.25) is 9.78 Å². The molecule has 4 rings (SSSR count). The Kier molecular flexibility index (Phi) is 4.62. The SMILES string of the molecule is C[C@H](OC(=O)c1c2c(nc3ccccc13)CCCCC2)C(=O)NC1CC1. The third-order valence-corrected chi connectivity index (χ3v) is 5.20. The summed E-state index contributed by atoms with van der Waals surface area (Å²) in [5.74, 6) is -0.634. The van der Waals surface area contributed by atoms with Crippen LogP contribution < -0.4 is 5.32 Å². The number of fused-ring (bicyclic) bond motifs is 2. The second-order valence-corrected chi connectivity index (χ2v) is 7.32. The van der Waals surface area contributed by atoms with Gasteiger partial charge in [-0.15, -0.1) is 0 Å². The van der Waals surface area contributed by atoms with Gasteiger partial charge in [0, 0.05) is 17.1 Å². The quantitative estimate of drug-likeness (QED) is 0.677. The molecule has 5 nitrogen and oxygen atoms in total. The van der Waals surface area contributed by atoms with Crippen LogP contribution >= 0.6 is 0 Å². The van der Waals surface area contributed by atoms with Crippen molar-refractivity contribution in [2.75, 3.05) is 0 Å². The number of ether oxygens (including phenoxy) is 1. The van der Waals surface area contributed by atoms with Crippen LogP contribution in [0.4, 0.5) is 0 Å². The molecule has 0 spiro atoms. The summed E-state index contributed by atoms with van der Waals surface area (Å²) in [6.45, 7) is 1.64. The van der Waals surface area contributed by atoms with Gasteiger partial charge in [0.15, 0.2) is 6.10 Å². The summed E-state index contributed by atoms with van der Waals surface area (Å²) in [5, 5.41) is 3.70. The molecule has 2 aliphatic rings. The molecule has 0 bridgehead atoms. The number of benzene rings is 1. The molecular formula is C21H24N2O3. The Balaban J connectivity index is 1.68. The molecule has 0 radical (unpaired) electrons. The Bertz CT molecular complexity index is 858. The maximum absolute atomic E-state index is 13.0. The molecule has 5 heteroatoms.